The van der Waals surface area contributed by atoms with Gasteiger partial charge in [0, 0.05) is 22.0 Å². The lowest BCUT2D eigenvalue weighted by atomic mass is 10.1. The van der Waals surface area contributed by atoms with Crippen LogP contribution in [0, 0.1) is 13.8 Å². The summed E-state index contributed by atoms with van der Waals surface area (Å²) in [6, 6.07) is 12.0. The van der Waals surface area contributed by atoms with E-state index in [9.17, 15) is 0 Å². The van der Waals surface area contributed by atoms with Crippen molar-refractivity contribution in [2.24, 2.45) is 0 Å². The van der Waals surface area contributed by atoms with Crippen LogP contribution in [-0.4, -0.2) is 4.98 Å². The maximum absolute atomic E-state index is 6.14. The Hall–Kier alpha value is -1.34. The van der Waals surface area contributed by atoms with Gasteiger partial charge >= 0.3 is 0 Å². The highest BCUT2D eigenvalue weighted by molar-refractivity contribution is 6.33. The standard InChI is InChI=1S/C13H12ClN/c1-9-7-11(8-10(2)15-9)12-5-3-4-6-13(12)14/h3-8H,1-2H3. The van der Waals surface area contributed by atoms with Crippen LogP contribution in [0.1, 0.15) is 11.4 Å². The Morgan fingerprint density at radius 2 is 1.60 bits per heavy atom. The van der Waals surface area contributed by atoms with Gasteiger partial charge in [0.25, 0.3) is 0 Å². The van der Waals surface area contributed by atoms with Crippen LogP contribution in [0.15, 0.2) is 36.4 Å². The van der Waals surface area contributed by atoms with Gasteiger partial charge in [-0.2, -0.15) is 0 Å². The minimum atomic E-state index is 0.780. The van der Waals surface area contributed by atoms with Gasteiger partial charge in [0.15, 0.2) is 0 Å². The Kier molecular flexibility index (Phi) is 2.74. The van der Waals surface area contributed by atoms with Gasteiger partial charge in [0.05, 0.1) is 0 Å². The van der Waals surface area contributed by atoms with Gasteiger partial charge in [-0.1, -0.05) is 29.8 Å². The SMILES string of the molecule is Cc1cc(-c2ccccc2Cl)cc(C)n1. The Balaban J connectivity index is 2.59. The van der Waals surface area contributed by atoms with Crippen LogP contribution in [0.4, 0.5) is 0 Å². The molecule has 0 unspecified atom stereocenters. The third kappa shape index (κ3) is 2.18. The zero-order chi connectivity index (χ0) is 10.8. The number of aryl methyl sites for hydroxylation is 2. The van der Waals surface area contributed by atoms with Crippen LogP contribution in [0.5, 0.6) is 0 Å². The lowest BCUT2D eigenvalue weighted by molar-refractivity contribution is 1.12. The fourth-order valence-corrected chi connectivity index (χ4v) is 1.93. The van der Waals surface area contributed by atoms with Gasteiger partial charge in [0.1, 0.15) is 0 Å². The molecular weight excluding hydrogens is 206 g/mol. The molecule has 0 amide bonds. The first-order valence-corrected chi connectivity index (χ1v) is 5.25. The molecule has 0 N–H and O–H groups in total. The fraction of sp³-hybridized carbons (Fsp3) is 0.154. The first-order valence-electron chi connectivity index (χ1n) is 4.87. The smallest absolute Gasteiger partial charge is 0.0484 e. The van der Waals surface area contributed by atoms with Crippen molar-refractivity contribution in [2.75, 3.05) is 0 Å². The number of aromatic nitrogens is 1. The molecule has 15 heavy (non-hydrogen) atoms. The number of benzene rings is 1. The molecular formula is C13H12ClN. The zero-order valence-electron chi connectivity index (χ0n) is 8.79. The molecule has 0 aliphatic carbocycles. The number of nitrogens with zero attached hydrogens (tertiary/aromatic N) is 1. The third-order valence-corrected chi connectivity index (χ3v) is 2.60. The molecule has 2 aromatic rings. The van der Waals surface area contributed by atoms with Crippen molar-refractivity contribution in [3.05, 3.63) is 52.8 Å². The molecule has 0 aliphatic rings. The van der Waals surface area contributed by atoms with E-state index in [-0.39, 0.29) is 0 Å². The Labute approximate surface area is 94.7 Å². The van der Waals surface area contributed by atoms with Crippen LogP contribution in [0.25, 0.3) is 11.1 Å². The maximum atomic E-state index is 6.14. The van der Waals surface area contributed by atoms with E-state index in [4.69, 9.17) is 11.6 Å². The van der Waals surface area contributed by atoms with Crippen molar-refractivity contribution in [3.8, 4) is 11.1 Å². The molecule has 1 nitrogen and oxygen atoms in total. The van der Waals surface area contributed by atoms with Crippen LogP contribution in [-0.2, 0) is 0 Å². The van der Waals surface area contributed by atoms with Gasteiger partial charge in [-0.15, -0.1) is 0 Å². The fourth-order valence-electron chi connectivity index (χ4n) is 1.69. The van der Waals surface area contributed by atoms with Crippen molar-refractivity contribution in [1.29, 1.82) is 0 Å². The number of hydrogen-bond donors (Lipinski definition) is 0. The Morgan fingerprint density at radius 3 is 2.20 bits per heavy atom. The van der Waals surface area contributed by atoms with Crippen LogP contribution >= 0.6 is 11.6 Å². The van der Waals surface area contributed by atoms with Crippen molar-refractivity contribution in [3.63, 3.8) is 0 Å². The third-order valence-electron chi connectivity index (χ3n) is 2.27. The number of hydrogen-bond acceptors (Lipinski definition) is 1. The highest BCUT2D eigenvalue weighted by Crippen LogP contribution is 2.27. The van der Waals surface area contributed by atoms with E-state index in [0.717, 1.165) is 27.5 Å². The van der Waals surface area contributed by atoms with Crippen molar-refractivity contribution >= 4 is 11.6 Å². The van der Waals surface area contributed by atoms with Crippen LogP contribution in [0.2, 0.25) is 5.02 Å². The summed E-state index contributed by atoms with van der Waals surface area (Å²) in [5, 5.41) is 0.780. The van der Waals surface area contributed by atoms with Crippen molar-refractivity contribution < 1.29 is 0 Å². The predicted octanol–water partition coefficient (Wildman–Crippen LogP) is 4.02. The first-order chi connectivity index (χ1) is 7.16. The van der Waals surface area contributed by atoms with Crippen LogP contribution in [0.3, 0.4) is 0 Å². The molecule has 0 fully saturated rings. The highest BCUT2D eigenvalue weighted by Gasteiger charge is 2.03. The van der Waals surface area contributed by atoms with E-state index in [1.807, 2.05) is 50.2 Å². The Bertz CT molecular complexity index is 471. The van der Waals surface area contributed by atoms with Crippen molar-refractivity contribution in [1.82, 2.24) is 4.98 Å². The lowest BCUT2D eigenvalue weighted by Gasteiger charge is -2.06. The molecule has 0 radical (unpaired) electrons. The van der Waals surface area contributed by atoms with E-state index in [0.29, 0.717) is 0 Å². The second-order valence-electron chi connectivity index (χ2n) is 3.62. The molecule has 2 rings (SSSR count). The Morgan fingerprint density at radius 1 is 1.00 bits per heavy atom. The van der Waals surface area contributed by atoms with Crippen molar-refractivity contribution in [2.45, 2.75) is 13.8 Å². The number of pyridine rings is 1. The molecule has 0 saturated heterocycles. The molecule has 1 aromatic heterocycles. The monoisotopic (exact) mass is 217 g/mol. The minimum Gasteiger partial charge on any atom is -0.258 e. The van der Waals surface area contributed by atoms with E-state index in [2.05, 4.69) is 4.98 Å². The van der Waals surface area contributed by atoms with E-state index in [1.54, 1.807) is 0 Å². The topological polar surface area (TPSA) is 12.9 Å². The quantitative estimate of drug-likeness (QED) is 0.703. The zero-order valence-corrected chi connectivity index (χ0v) is 9.55. The van der Waals surface area contributed by atoms with E-state index >= 15 is 0 Å². The average Bonchev–Trinajstić information content (AvgIpc) is 2.16. The maximum Gasteiger partial charge on any atom is 0.0484 e. The van der Waals surface area contributed by atoms with Gasteiger partial charge in [-0.05, 0) is 37.6 Å². The predicted molar refractivity (Wildman–Crippen MR) is 64.2 cm³/mol. The van der Waals surface area contributed by atoms with Gasteiger partial charge < -0.3 is 0 Å². The average molecular weight is 218 g/mol. The second-order valence-corrected chi connectivity index (χ2v) is 4.03. The molecule has 0 bridgehead atoms. The number of halogens is 1. The summed E-state index contributed by atoms with van der Waals surface area (Å²) in [6.45, 7) is 3.99. The normalized spacial score (nSPS) is 10.3. The van der Waals surface area contributed by atoms with Gasteiger partial charge in [-0.3, -0.25) is 4.98 Å². The summed E-state index contributed by atoms with van der Waals surface area (Å²) in [5.74, 6) is 0. The molecule has 0 atom stereocenters. The van der Waals surface area contributed by atoms with E-state index in [1.165, 1.54) is 0 Å². The number of rotatable bonds is 1. The molecule has 76 valence electrons. The summed E-state index contributed by atoms with van der Waals surface area (Å²) in [5.41, 5.74) is 4.23. The summed E-state index contributed by atoms with van der Waals surface area (Å²) >= 11 is 6.14. The minimum absolute atomic E-state index is 0.780. The van der Waals surface area contributed by atoms with Gasteiger partial charge in [0.2, 0.25) is 0 Å². The van der Waals surface area contributed by atoms with Crippen LogP contribution < -0.4 is 0 Å². The lowest BCUT2D eigenvalue weighted by Crippen LogP contribution is -1.88. The second kappa shape index (κ2) is 4.03. The molecule has 1 aromatic carbocycles. The highest BCUT2D eigenvalue weighted by atomic mass is 35.5. The molecule has 1 heterocycles. The van der Waals surface area contributed by atoms with Gasteiger partial charge in [-0.25, -0.2) is 0 Å². The molecule has 2 heteroatoms. The largest absolute Gasteiger partial charge is 0.258 e. The summed E-state index contributed by atoms with van der Waals surface area (Å²) < 4.78 is 0. The first kappa shape index (κ1) is 10.2. The summed E-state index contributed by atoms with van der Waals surface area (Å²) in [7, 11) is 0. The summed E-state index contributed by atoms with van der Waals surface area (Å²) in [6.07, 6.45) is 0. The van der Waals surface area contributed by atoms with E-state index < -0.39 is 0 Å². The summed E-state index contributed by atoms with van der Waals surface area (Å²) in [4.78, 5) is 4.35. The molecule has 0 aliphatic heterocycles. The molecule has 0 saturated carbocycles. The molecule has 0 spiro atoms.